The fourth-order valence-corrected chi connectivity index (χ4v) is 4.18. The van der Waals surface area contributed by atoms with Gasteiger partial charge in [-0.2, -0.15) is 16.4 Å². The first-order valence-corrected chi connectivity index (χ1v) is 10.4. The predicted molar refractivity (Wildman–Crippen MR) is 101 cm³/mol. The molecule has 3 N–H and O–H groups in total. The summed E-state index contributed by atoms with van der Waals surface area (Å²) in [5.74, 6) is -0.244. The summed E-state index contributed by atoms with van der Waals surface area (Å²) in [6, 6.07) is 9.25. The molecule has 1 aromatic carbocycles. The van der Waals surface area contributed by atoms with Gasteiger partial charge >= 0.3 is 0 Å². The van der Waals surface area contributed by atoms with Crippen LogP contribution in [0.15, 0.2) is 64.4 Å². The Morgan fingerprint density at radius 2 is 2.07 bits per heavy atom. The van der Waals surface area contributed by atoms with Crippen molar-refractivity contribution < 1.29 is 17.9 Å². The Hall–Kier alpha value is -2.69. The van der Waals surface area contributed by atoms with Crippen LogP contribution in [0.2, 0.25) is 0 Å². The molecule has 3 rings (SSSR count). The fourth-order valence-electron chi connectivity index (χ4n) is 2.44. The number of nitrogens with one attached hydrogen (secondary N) is 1. The van der Waals surface area contributed by atoms with Crippen LogP contribution in [-0.4, -0.2) is 37.3 Å². The van der Waals surface area contributed by atoms with E-state index >= 15 is 0 Å². The zero-order valence-electron chi connectivity index (χ0n) is 14.2. The van der Waals surface area contributed by atoms with E-state index in [0.717, 1.165) is 5.56 Å². The van der Waals surface area contributed by atoms with Crippen molar-refractivity contribution in [1.29, 1.82) is 0 Å². The second-order valence-electron chi connectivity index (χ2n) is 5.64. The minimum atomic E-state index is -3.72. The predicted octanol–water partition coefficient (Wildman–Crippen LogP) is 1.38. The van der Waals surface area contributed by atoms with Crippen molar-refractivity contribution in [3.8, 4) is 5.75 Å². The number of primary amides is 1. The maximum atomic E-state index is 12.6. The summed E-state index contributed by atoms with van der Waals surface area (Å²) < 4.78 is 34.7. The minimum Gasteiger partial charge on any atom is -0.484 e. The van der Waals surface area contributed by atoms with Crippen LogP contribution in [0, 0.1) is 0 Å². The van der Waals surface area contributed by atoms with Gasteiger partial charge in [-0.1, -0.05) is 0 Å². The second kappa shape index (κ2) is 8.33. The molecule has 0 saturated carbocycles. The van der Waals surface area contributed by atoms with Crippen LogP contribution in [0.4, 0.5) is 0 Å². The average Bonchev–Trinajstić information content (AvgIpc) is 3.35. The highest BCUT2D eigenvalue weighted by Gasteiger charge is 2.20. The van der Waals surface area contributed by atoms with E-state index in [-0.39, 0.29) is 24.1 Å². The SMILES string of the molecule is NC(=O)COc1ccc(S(=O)(=O)NC[C@H](c2ccsc2)n2cccn2)cc1. The van der Waals surface area contributed by atoms with Gasteiger partial charge in [0.1, 0.15) is 5.75 Å². The number of carbonyl (C=O) groups is 1. The number of rotatable bonds is 9. The van der Waals surface area contributed by atoms with E-state index < -0.39 is 15.9 Å². The smallest absolute Gasteiger partial charge is 0.255 e. The summed E-state index contributed by atoms with van der Waals surface area (Å²) in [6.45, 7) is -0.114. The van der Waals surface area contributed by atoms with Crippen molar-refractivity contribution in [2.75, 3.05) is 13.2 Å². The summed E-state index contributed by atoms with van der Waals surface area (Å²) >= 11 is 1.54. The minimum absolute atomic E-state index is 0.0958. The third kappa shape index (κ3) is 4.94. The summed E-state index contributed by atoms with van der Waals surface area (Å²) in [6.07, 6.45) is 3.44. The van der Waals surface area contributed by atoms with Crippen LogP contribution in [0.1, 0.15) is 11.6 Å². The molecular weight excluding hydrogens is 388 g/mol. The third-order valence-electron chi connectivity index (χ3n) is 3.75. The number of amides is 1. The van der Waals surface area contributed by atoms with Gasteiger partial charge in [-0.05, 0) is 52.7 Å². The topological polar surface area (TPSA) is 116 Å². The number of hydrogen-bond donors (Lipinski definition) is 2. The number of hydrogen-bond acceptors (Lipinski definition) is 6. The van der Waals surface area contributed by atoms with E-state index in [0.29, 0.717) is 5.75 Å². The van der Waals surface area contributed by atoms with Crippen molar-refractivity contribution in [1.82, 2.24) is 14.5 Å². The average molecular weight is 406 g/mol. The van der Waals surface area contributed by atoms with Crippen LogP contribution in [-0.2, 0) is 14.8 Å². The van der Waals surface area contributed by atoms with Gasteiger partial charge in [-0.3, -0.25) is 9.48 Å². The summed E-state index contributed by atoms with van der Waals surface area (Å²) in [5.41, 5.74) is 5.99. The highest BCUT2D eigenvalue weighted by atomic mass is 32.2. The quantitative estimate of drug-likeness (QED) is 0.557. The molecule has 0 bridgehead atoms. The third-order valence-corrected chi connectivity index (χ3v) is 5.89. The van der Waals surface area contributed by atoms with Gasteiger partial charge in [-0.25, -0.2) is 13.1 Å². The number of benzene rings is 1. The van der Waals surface area contributed by atoms with Crippen molar-refractivity contribution >= 4 is 27.3 Å². The summed E-state index contributed by atoms with van der Waals surface area (Å²) in [7, 11) is -3.72. The maximum Gasteiger partial charge on any atom is 0.255 e. The van der Waals surface area contributed by atoms with Crippen molar-refractivity contribution in [2.24, 2.45) is 5.73 Å². The Balaban J connectivity index is 1.71. The molecule has 0 radical (unpaired) electrons. The van der Waals surface area contributed by atoms with Gasteiger partial charge in [0.15, 0.2) is 6.61 Å². The number of thiophene rings is 1. The van der Waals surface area contributed by atoms with Crippen molar-refractivity contribution in [2.45, 2.75) is 10.9 Å². The first kappa shape index (κ1) is 19.1. The number of nitrogens with zero attached hydrogens (tertiary/aromatic N) is 2. The van der Waals surface area contributed by atoms with E-state index in [1.54, 1.807) is 23.1 Å². The van der Waals surface area contributed by atoms with E-state index in [9.17, 15) is 13.2 Å². The lowest BCUT2D eigenvalue weighted by Crippen LogP contribution is -2.31. The van der Waals surface area contributed by atoms with E-state index in [1.165, 1.54) is 35.6 Å². The standard InChI is InChI=1S/C17H18N4O4S2/c18-17(22)11-25-14-2-4-15(5-3-14)27(23,24)20-10-16(13-6-9-26-12-13)21-8-1-7-19-21/h1-9,12,16,20H,10-11H2,(H2,18,22)/t16-/m1/s1. The highest BCUT2D eigenvalue weighted by molar-refractivity contribution is 7.89. The normalized spacial score (nSPS) is 12.6. The monoisotopic (exact) mass is 406 g/mol. The van der Waals surface area contributed by atoms with Gasteiger partial charge in [0.05, 0.1) is 10.9 Å². The fraction of sp³-hybridized carbons (Fsp3) is 0.176. The van der Waals surface area contributed by atoms with Gasteiger partial charge in [0.2, 0.25) is 10.0 Å². The van der Waals surface area contributed by atoms with Crippen LogP contribution >= 0.6 is 11.3 Å². The van der Waals surface area contributed by atoms with Crippen molar-refractivity contribution in [3.63, 3.8) is 0 Å². The molecule has 3 aromatic rings. The van der Waals surface area contributed by atoms with Crippen LogP contribution in [0.5, 0.6) is 5.75 Å². The Bertz CT molecular complexity index is 934. The van der Waals surface area contributed by atoms with E-state index in [1.807, 2.05) is 16.8 Å². The van der Waals surface area contributed by atoms with Gasteiger partial charge in [-0.15, -0.1) is 0 Å². The molecule has 0 unspecified atom stereocenters. The van der Waals surface area contributed by atoms with E-state index in [2.05, 4.69) is 9.82 Å². The molecule has 2 aromatic heterocycles. The van der Waals surface area contributed by atoms with Crippen LogP contribution in [0.3, 0.4) is 0 Å². The zero-order chi connectivity index (χ0) is 19.3. The van der Waals surface area contributed by atoms with Crippen LogP contribution < -0.4 is 15.2 Å². The summed E-state index contributed by atoms with van der Waals surface area (Å²) in [4.78, 5) is 10.8. The lowest BCUT2D eigenvalue weighted by molar-refractivity contribution is -0.119. The molecule has 0 aliphatic carbocycles. The molecule has 0 aliphatic rings. The first-order chi connectivity index (χ1) is 13.0. The molecule has 10 heteroatoms. The lowest BCUT2D eigenvalue weighted by Gasteiger charge is -2.17. The van der Waals surface area contributed by atoms with Gasteiger partial charge in [0.25, 0.3) is 5.91 Å². The maximum absolute atomic E-state index is 12.6. The highest BCUT2D eigenvalue weighted by Crippen LogP contribution is 2.21. The molecule has 0 aliphatic heterocycles. The second-order valence-corrected chi connectivity index (χ2v) is 8.18. The zero-order valence-corrected chi connectivity index (χ0v) is 15.8. The molecule has 0 saturated heterocycles. The van der Waals surface area contributed by atoms with E-state index in [4.69, 9.17) is 10.5 Å². The number of nitrogens with two attached hydrogens (primary N) is 1. The Morgan fingerprint density at radius 1 is 1.30 bits per heavy atom. The molecule has 8 nitrogen and oxygen atoms in total. The van der Waals surface area contributed by atoms with Gasteiger partial charge < -0.3 is 10.5 Å². The molecule has 0 spiro atoms. The van der Waals surface area contributed by atoms with Crippen molar-refractivity contribution in [3.05, 3.63) is 65.1 Å². The number of carbonyl (C=O) groups excluding carboxylic acids is 1. The molecule has 1 amide bonds. The number of aromatic nitrogens is 2. The lowest BCUT2D eigenvalue weighted by atomic mass is 10.1. The first-order valence-electron chi connectivity index (χ1n) is 7.98. The molecule has 27 heavy (non-hydrogen) atoms. The van der Waals surface area contributed by atoms with Gasteiger partial charge in [0, 0.05) is 18.9 Å². The largest absolute Gasteiger partial charge is 0.484 e. The molecule has 1 atom stereocenters. The number of sulfonamides is 1. The molecular formula is C17H18N4O4S2. The van der Waals surface area contributed by atoms with Crippen LogP contribution in [0.25, 0.3) is 0 Å². The Labute approximate surface area is 160 Å². The number of ether oxygens (including phenoxy) is 1. The molecule has 2 heterocycles. The Kier molecular flexibility index (Phi) is 5.89. The Morgan fingerprint density at radius 3 is 2.67 bits per heavy atom. The summed E-state index contributed by atoms with van der Waals surface area (Å²) in [5, 5.41) is 8.12. The molecule has 0 fully saturated rings. The molecule has 142 valence electrons.